The molecule has 3 N–H and O–H groups in total. The highest BCUT2D eigenvalue weighted by molar-refractivity contribution is 6.06. The Balaban J connectivity index is 1.19. The smallest absolute Gasteiger partial charge is 0.255 e. The number of piperidine rings is 1. The van der Waals surface area contributed by atoms with Crippen LogP contribution in [0.5, 0.6) is 5.75 Å². The third-order valence-electron chi connectivity index (χ3n) is 7.83. The van der Waals surface area contributed by atoms with Crippen molar-refractivity contribution in [2.45, 2.75) is 82.5 Å². The minimum atomic E-state index is -0.371. The normalized spacial score (nSPS) is 28.1. The van der Waals surface area contributed by atoms with E-state index in [1.165, 1.54) is 32.1 Å². The molecule has 1 saturated carbocycles. The molecule has 2 amide bonds. The summed E-state index contributed by atoms with van der Waals surface area (Å²) in [5.41, 5.74) is 1.61. The highest BCUT2D eigenvalue weighted by Crippen LogP contribution is 2.32. The van der Waals surface area contributed by atoms with Crippen molar-refractivity contribution in [1.29, 1.82) is 5.41 Å². The van der Waals surface area contributed by atoms with E-state index in [0.29, 0.717) is 31.0 Å². The Hall–Kier alpha value is -2.45. The Morgan fingerprint density at radius 1 is 1.12 bits per heavy atom. The molecule has 184 valence electrons. The molecule has 3 unspecified atom stereocenters. The zero-order valence-electron chi connectivity index (χ0n) is 19.8. The summed E-state index contributed by atoms with van der Waals surface area (Å²) in [6.07, 6.45) is 9.08. The number of benzene rings is 1. The maximum absolute atomic E-state index is 13.0. The van der Waals surface area contributed by atoms with Crippen LogP contribution in [0.4, 0.5) is 0 Å². The van der Waals surface area contributed by atoms with Crippen LogP contribution in [0, 0.1) is 11.3 Å². The maximum atomic E-state index is 13.0. The molecule has 0 radical (unpaired) electrons. The van der Waals surface area contributed by atoms with Crippen molar-refractivity contribution in [1.82, 2.24) is 15.5 Å². The minimum absolute atomic E-state index is 0.0715. The summed E-state index contributed by atoms with van der Waals surface area (Å²) < 4.78 is 12.0. The van der Waals surface area contributed by atoms with Gasteiger partial charge in [0.2, 0.25) is 5.91 Å². The fourth-order valence-electron chi connectivity index (χ4n) is 5.82. The molecule has 8 nitrogen and oxygen atoms in total. The van der Waals surface area contributed by atoms with Gasteiger partial charge in [0, 0.05) is 37.8 Å². The lowest BCUT2D eigenvalue weighted by Crippen LogP contribution is -2.52. The van der Waals surface area contributed by atoms with E-state index in [4.69, 9.17) is 14.9 Å². The Morgan fingerprint density at radius 3 is 2.76 bits per heavy atom. The number of carbonyl (C=O) groups is 2. The van der Waals surface area contributed by atoms with Gasteiger partial charge in [0.05, 0.1) is 6.04 Å². The Morgan fingerprint density at radius 2 is 1.94 bits per heavy atom. The van der Waals surface area contributed by atoms with E-state index in [1.54, 1.807) is 4.90 Å². The second-order valence-electron chi connectivity index (χ2n) is 10.1. The summed E-state index contributed by atoms with van der Waals surface area (Å²) in [6, 6.07) is 5.73. The van der Waals surface area contributed by atoms with Crippen LogP contribution in [0.3, 0.4) is 0 Å². The number of fused-ring (bicyclic) bond motifs is 1. The van der Waals surface area contributed by atoms with E-state index in [9.17, 15) is 9.59 Å². The average molecular weight is 469 g/mol. The lowest BCUT2D eigenvalue weighted by Gasteiger charge is -2.33. The van der Waals surface area contributed by atoms with Gasteiger partial charge >= 0.3 is 0 Å². The average Bonchev–Trinajstić information content (AvgIpc) is 3.16. The highest BCUT2D eigenvalue weighted by atomic mass is 16.5. The molecule has 1 aromatic carbocycles. The first-order valence-electron chi connectivity index (χ1n) is 12.9. The fraction of sp³-hybridized carbons (Fsp3) is 0.654. The Bertz CT molecular complexity index is 929. The summed E-state index contributed by atoms with van der Waals surface area (Å²) in [5, 5.41) is 14.5. The first kappa shape index (κ1) is 23.3. The molecular formula is C26H36N4O4. The van der Waals surface area contributed by atoms with Crippen LogP contribution >= 0.6 is 0 Å². The highest BCUT2D eigenvalue weighted by Gasteiger charge is 2.37. The number of nitrogens with one attached hydrogen (secondary N) is 3. The predicted molar refractivity (Wildman–Crippen MR) is 128 cm³/mol. The van der Waals surface area contributed by atoms with Crippen LogP contribution < -0.4 is 15.4 Å². The quantitative estimate of drug-likeness (QED) is 0.571. The number of hydrogen-bond donors (Lipinski definition) is 3. The molecule has 3 aliphatic heterocycles. The van der Waals surface area contributed by atoms with Crippen molar-refractivity contribution in [2.75, 3.05) is 19.8 Å². The van der Waals surface area contributed by atoms with Crippen LogP contribution in [-0.2, 0) is 16.1 Å². The number of amides is 2. The fourth-order valence-corrected chi connectivity index (χ4v) is 5.82. The number of nitrogens with zero attached hydrogens (tertiary/aromatic N) is 1. The molecular weight excluding hydrogens is 432 g/mol. The van der Waals surface area contributed by atoms with Gasteiger partial charge in [-0.25, -0.2) is 0 Å². The number of amidine groups is 1. The van der Waals surface area contributed by atoms with E-state index in [2.05, 4.69) is 10.6 Å². The summed E-state index contributed by atoms with van der Waals surface area (Å²) in [6.45, 7) is 3.27. The van der Waals surface area contributed by atoms with Crippen molar-refractivity contribution in [3.8, 4) is 5.75 Å². The molecule has 0 spiro atoms. The van der Waals surface area contributed by atoms with Crippen LogP contribution in [0.15, 0.2) is 18.2 Å². The second kappa shape index (κ2) is 10.4. The number of carbonyl (C=O) groups excluding carboxylic acids is 2. The van der Waals surface area contributed by atoms with Gasteiger partial charge in [-0.15, -0.1) is 0 Å². The van der Waals surface area contributed by atoms with Crippen molar-refractivity contribution < 1.29 is 19.1 Å². The van der Waals surface area contributed by atoms with Gasteiger partial charge in [0.15, 0.2) is 0 Å². The van der Waals surface area contributed by atoms with Gasteiger partial charge < -0.3 is 25.0 Å². The predicted octanol–water partition coefficient (Wildman–Crippen LogP) is 2.99. The minimum Gasteiger partial charge on any atom is -0.489 e. The second-order valence-corrected chi connectivity index (χ2v) is 10.1. The van der Waals surface area contributed by atoms with Crippen molar-refractivity contribution in [3.05, 3.63) is 29.3 Å². The molecule has 1 aromatic rings. The third kappa shape index (κ3) is 5.13. The molecule has 0 aromatic heterocycles. The molecule has 2 saturated heterocycles. The van der Waals surface area contributed by atoms with Crippen molar-refractivity contribution in [2.24, 2.45) is 5.92 Å². The SMILES string of the molecule is N=C1NC(=O)CCC1N1Cc2cc(OC3CCCCC3NCCC3CCOCC3)ccc2C1=O. The first-order chi connectivity index (χ1) is 16.6. The molecule has 3 heterocycles. The van der Waals surface area contributed by atoms with E-state index in [1.807, 2.05) is 18.2 Å². The summed E-state index contributed by atoms with van der Waals surface area (Å²) in [4.78, 5) is 26.2. The maximum Gasteiger partial charge on any atom is 0.255 e. The van der Waals surface area contributed by atoms with Crippen molar-refractivity contribution >= 4 is 17.6 Å². The van der Waals surface area contributed by atoms with Gasteiger partial charge in [-0.1, -0.05) is 6.42 Å². The van der Waals surface area contributed by atoms with Gasteiger partial charge in [0.1, 0.15) is 17.7 Å². The zero-order chi connectivity index (χ0) is 23.5. The molecule has 3 atom stereocenters. The molecule has 3 fully saturated rings. The molecule has 34 heavy (non-hydrogen) atoms. The molecule has 1 aliphatic carbocycles. The topological polar surface area (TPSA) is 104 Å². The lowest BCUT2D eigenvalue weighted by molar-refractivity contribution is -0.120. The third-order valence-corrected chi connectivity index (χ3v) is 7.83. The van der Waals surface area contributed by atoms with E-state index in [-0.39, 0.29) is 29.8 Å². The zero-order valence-corrected chi connectivity index (χ0v) is 19.8. The van der Waals surface area contributed by atoms with E-state index in [0.717, 1.165) is 49.8 Å². The monoisotopic (exact) mass is 468 g/mol. The molecule has 4 aliphatic rings. The summed E-state index contributed by atoms with van der Waals surface area (Å²) in [5.74, 6) is 1.47. The molecule has 0 bridgehead atoms. The van der Waals surface area contributed by atoms with Crippen molar-refractivity contribution in [3.63, 3.8) is 0 Å². The largest absolute Gasteiger partial charge is 0.489 e. The van der Waals surface area contributed by atoms with Crippen LogP contribution in [0.25, 0.3) is 0 Å². The van der Waals surface area contributed by atoms with E-state index >= 15 is 0 Å². The van der Waals surface area contributed by atoms with Crippen LogP contribution in [0.2, 0.25) is 0 Å². The van der Waals surface area contributed by atoms with Gasteiger partial charge in [-0.2, -0.15) is 0 Å². The number of ether oxygens (including phenoxy) is 2. The Labute approximate surface area is 201 Å². The van der Waals surface area contributed by atoms with E-state index < -0.39 is 0 Å². The first-order valence-corrected chi connectivity index (χ1v) is 12.9. The van der Waals surface area contributed by atoms with Gasteiger partial charge in [0.25, 0.3) is 5.91 Å². The van der Waals surface area contributed by atoms with Crippen LogP contribution in [0.1, 0.15) is 73.7 Å². The lowest BCUT2D eigenvalue weighted by atomic mass is 9.91. The number of rotatable bonds is 7. The Kier molecular flexibility index (Phi) is 7.15. The van der Waals surface area contributed by atoms with Crippen LogP contribution in [-0.4, -0.2) is 60.5 Å². The van der Waals surface area contributed by atoms with Gasteiger partial charge in [-0.3, -0.25) is 15.0 Å². The number of hydrogen-bond acceptors (Lipinski definition) is 6. The summed E-state index contributed by atoms with van der Waals surface area (Å²) >= 11 is 0. The van der Waals surface area contributed by atoms with Gasteiger partial charge in [-0.05, 0) is 81.2 Å². The molecule has 5 rings (SSSR count). The molecule has 8 heteroatoms. The summed E-state index contributed by atoms with van der Waals surface area (Å²) in [7, 11) is 0. The standard InChI is InChI=1S/C26H36N4O4/c27-25-22(7-8-24(31)29-25)30-16-18-15-19(5-6-20(18)26(30)32)34-23-4-2-1-3-21(23)28-12-9-17-10-13-33-14-11-17/h5-6,15,17,21-23,28H,1-4,7-14,16H2,(H2,27,29,31).